The average molecular weight is 279 g/mol. The maximum Gasteiger partial charge on any atom is 0.323 e. The van der Waals surface area contributed by atoms with Crippen LogP contribution in [0.2, 0.25) is 0 Å². The lowest BCUT2D eigenvalue weighted by Crippen LogP contribution is -2.54. The molecule has 1 atom stereocenters. The second-order valence-electron chi connectivity index (χ2n) is 5.40. The summed E-state index contributed by atoms with van der Waals surface area (Å²) in [6.45, 7) is 6.95. The van der Waals surface area contributed by atoms with Gasteiger partial charge in [-0.2, -0.15) is 0 Å². The Hall–Kier alpha value is -1.75. The van der Waals surface area contributed by atoms with Crippen LogP contribution in [-0.4, -0.2) is 47.3 Å². The Labute approximate surface area is 119 Å². The summed E-state index contributed by atoms with van der Waals surface area (Å²) in [6.07, 6.45) is -0.163. The van der Waals surface area contributed by atoms with Crippen molar-refractivity contribution in [2.45, 2.75) is 32.4 Å². The molecule has 0 bridgehead atoms. The molecular weight excluding hydrogens is 258 g/mol. The van der Waals surface area contributed by atoms with E-state index >= 15 is 0 Å². The molecule has 0 saturated carbocycles. The van der Waals surface area contributed by atoms with Crippen LogP contribution in [-0.2, 0) is 4.79 Å². The standard InChI is InChI=1S/C15H21NO4/c1-4-16(15(2,3)14(17)18)9-11-10-19-12-7-5-6-8-13(12)20-11/h5-8,11H,4,9-10H2,1-3H3,(H,17,18). The van der Waals surface area contributed by atoms with Gasteiger partial charge >= 0.3 is 5.97 Å². The minimum atomic E-state index is -0.922. The monoisotopic (exact) mass is 279 g/mol. The third kappa shape index (κ3) is 2.88. The molecule has 0 aliphatic carbocycles. The number of rotatable bonds is 5. The van der Waals surface area contributed by atoms with Crippen molar-refractivity contribution >= 4 is 5.97 Å². The van der Waals surface area contributed by atoms with Gasteiger partial charge < -0.3 is 14.6 Å². The maximum atomic E-state index is 11.3. The fourth-order valence-electron chi connectivity index (χ4n) is 2.29. The number of para-hydroxylation sites is 2. The maximum absolute atomic E-state index is 11.3. The molecule has 1 unspecified atom stereocenters. The van der Waals surface area contributed by atoms with E-state index in [-0.39, 0.29) is 6.10 Å². The highest BCUT2D eigenvalue weighted by molar-refractivity contribution is 5.77. The number of benzene rings is 1. The van der Waals surface area contributed by atoms with Crippen LogP contribution in [0.1, 0.15) is 20.8 Å². The number of hydrogen-bond acceptors (Lipinski definition) is 4. The minimum Gasteiger partial charge on any atom is -0.486 e. The predicted molar refractivity (Wildman–Crippen MR) is 75.3 cm³/mol. The molecule has 1 heterocycles. The number of aliphatic carboxylic acids is 1. The molecule has 1 N–H and O–H groups in total. The van der Waals surface area contributed by atoms with E-state index in [1.807, 2.05) is 36.1 Å². The number of carbonyl (C=O) groups is 1. The van der Waals surface area contributed by atoms with E-state index in [2.05, 4.69) is 0 Å². The molecule has 2 rings (SSSR count). The van der Waals surface area contributed by atoms with E-state index < -0.39 is 11.5 Å². The first-order chi connectivity index (χ1) is 9.45. The van der Waals surface area contributed by atoms with E-state index in [1.54, 1.807) is 13.8 Å². The molecule has 5 nitrogen and oxygen atoms in total. The summed E-state index contributed by atoms with van der Waals surface area (Å²) in [5, 5.41) is 9.32. The predicted octanol–water partition coefficient (Wildman–Crippen LogP) is 2.01. The molecule has 0 amide bonds. The largest absolute Gasteiger partial charge is 0.486 e. The third-order valence-corrected chi connectivity index (χ3v) is 3.69. The smallest absolute Gasteiger partial charge is 0.323 e. The first-order valence-corrected chi connectivity index (χ1v) is 6.82. The van der Waals surface area contributed by atoms with E-state index in [1.165, 1.54) is 0 Å². The van der Waals surface area contributed by atoms with E-state index in [0.717, 1.165) is 5.75 Å². The van der Waals surface area contributed by atoms with Crippen LogP contribution >= 0.6 is 0 Å². The first kappa shape index (κ1) is 14.7. The Morgan fingerprint density at radius 3 is 2.65 bits per heavy atom. The van der Waals surface area contributed by atoms with Crippen molar-refractivity contribution in [3.05, 3.63) is 24.3 Å². The Balaban J connectivity index is 2.06. The Morgan fingerprint density at radius 2 is 2.05 bits per heavy atom. The van der Waals surface area contributed by atoms with Gasteiger partial charge in [-0.1, -0.05) is 19.1 Å². The van der Waals surface area contributed by atoms with Crippen molar-refractivity contribution in [2.24, 2.45) is 0 Å². The fraction of sp³-hybridized carbons (Fsp3) is 0.533. The van der Waals surface area contributed by atoms with Gasteiger partial charge in [0, 0.05) is 6.54 Å². The van der Waals surface area contributed by atoms with Gasteiger partial charge in [-0.25, -0.2) is 0 Å². The van der Waals surface area contributed by atoms with Gasteiger partial charge in [0.1, 0.15) is 18.2 Å². The zero-order chi connectivity index (χ0) is 14.8. The van der Waals surface area contributed by atoms with Crippen LogP contribution < -0.4 is 9.47 Å². The lowest BCUT2D eigenvalue weighted by Gasteiger charge is -2.37. The minimum absolute atomic E-state index is 0.163. The number of carboxylic acids is 1. The highest BCUT2D eigenvalue weighted by atomic mass is 16.6. The number of hydrogen-bond donors (Lipinski definition) is 1. The van der Waals surface area contributed by atoms with E-state index in [9.17, 15) is 9.90 Å². The van der Waals surface area contributed by atoms with E-state index in [0.29, 0.717) is 25.4 Å². The zero-order valence-corrected chi connectivity index (χ0v) is 12.1. The van der Waals surface area contributed by atoms with Gasteiger partial charge in [-0.3, -0.25) is 9.69 Å². The normalized spacial score (nSPS) is 18.1. The molecule has 5 heteroatoms. The zero-order valence-electron chi connectivity index (χ0n) is 12.1. The highest BCUT2D eigenvalue weighted by Gasteiger charge is 2.36. The summed E-state index contributed by atoms with van der Waals surface area (Å²) in [5.41, 5.74) is -0.922. The molecule has 1 aliphatic rings. The summed E-state index contributed by atoms with van der Waals surface area (Å²) in [5.74, 6) is 0.619. The van der Waals surface area contributed by atoms with Gasteiger partial charge in [0.15, 0.2) is 11.5 Å². The van der Waals surface area contributed by atoms with Crippen molar-refractivity contribution in [1.29, 1.82) is 0 Å². The third-order valence-electron chi connectivity index (χ3n) is 3.69. The number of ether oxygens (including phenoxy) is 2. The fourth-order valence-corrected chi connectivity index (χ4v) is 2.29. The molecule has 0 spiro atoms. The molecule has 1 aromatic rings. The second kappa shape index (κ2) is 5.71. The van der Waals surface area contributed by atoms with Crippen LogP contribution in [0.5, 0.6) is 11.5 Å². The van der Waals surface area contributed by atoms with Crippen LogP contribution in [0.25, 0.3) is 0 Å². The van der Waals surface area contributed by atoms with Crippen molar-refractivity contribution in [3.8, 4) is 11.5 Å². The topological polar surface area (TPSA) is 59.0 Å². The van der Waals surface area contributed by atoms with Crippen molar-refractivity contribution in [3.63, 3.8) is 0 Å². The van der Waals surface area contributed by atoms with Crippen LogP contribution in [0.15, 0.2) is 24.3 Å². The number of nitrogens with zero attached hydrogens (tertiary/aromatic N) is 1. The SMILES string of the molecule is CCN(CC1COc2ccccc2O1)C(C)(C)C(=O)O. The molecule has 110 valence electrons. The average Bonchev–Trinajstić information content (AvgIpc) is 2.44. The summed E-state index contributed by atoms with van der Waals surface area (Å²) in [6, 6.07) is 7.52. The van der Waals surface area contributed by atoms with Crippen molar-refractivity contribution in [2.75, 3.05) is 19.7 Å². The molecule has 0 saturated heterocycles. The summed E-state index contributed by atoms with van der Waals surface area (Å²) in [4.78, 5) is 13.2. The van der Waals surface area contributed by atoms with Crippen LogP contribution in [0.3, 0.4) is 0 Å². The summed E-state index contributed by atoms with van der Waals surface area (Å²) >= 11 is 0. The van der Waals surface area contributed by atoms with Gasteiger partial charge in [0.25, 0.3) is 0 Å². The van der Waals surface area contributed by atoms with Gasteiger partial charge in [-0.15, -0.1) is 0 Å². The number of likely N-dealkylation sites (N-methyl/N-ethyl adjacent to an activating group) is 1. The summed E-state index contributed by atoms with van der Waals surface area (Å²) in [7, 11) is 0. The van der Waals surface area contributed by atoms with E-state index in [4.69, 9.17) is 9.47 Å². The second-order valence-corrected chi connectivity index (χ2v) is 5.40. The van der Waals surface area contributed by atoms with Crippen molar-refractivity contribution < 1.29 is 19.4 Å². The molecule has 1 aromatic carbocycles. The Morgan fingerprint density at radius 1 is 1.40 bits per heavy atom. The van der Waals surface area contributed by atoms with Crippen LogP contribution in [0.4, 0.5) is 0 Å². The summed E-state index contributed by atoms with van der Waals surface area (Å²) < 4.78 is 11.5. The quantitative estimate of drug-likeness (QED) is 0.893. The highest BCUT2D eigenvalue weighted by Crippen LogP contribution is 2.31. The molecule has 0 fully saturated rings. The number of fused-ring (bicyclic) bond motifs is 1. The van der Waals surface area contributed by atoms with Crippen LogP contribution in [0, 0.1) is 0 Å². The van der Waals surface area contributed by atoms with Gasteiger partial charge in [-0.05, 0) is 32.5 Å². The molecular formula is C15H21NO4. The molecule has 20 heavy (non-hydrogen) atoms. The molecule has 1 aliphatic heterocycles. The van der Waals surface area contributed by atoms with Crippen molar-refractivity contribution in [1.82, 2.24) is 4.90 Å². The molecule has 0 aromatic heterocycles. The number of carboxylic acid groups (broad SMARTS) is 1. The first-order valence-electron chi connectivity index (χ1n) is 6.82. The Kier molecular flexibility index (Phi) is 4.18. The van der Waals surface area contributed by atoms with Gasteiger partial charge in [0.05, 0.1) is 0 Å². The lowest BCUT2D eigenvalue weighted by atomic mass is 10.0. The lowest BCUT2D eigenvalue weighted by molar-refractivity contribution is -0.150. The molecule has 0 radical (unpaired) electrons. The Bertz CT molecular complexity index is 487. The van der Waals surface area contributed by atoms with Gasteiger partial charge in [0.2, 0.25) is 0 Å².